The van der Waals surface area contributed by atoms with Crippen LogP contribution in [0.3, 0.4) is 0 Å². The van der Waals surface area contributed by atoms with Crippen LogP contribution in [-0.4, -0.2) is 54.8 Å². The molecule has 1 aliphatic heterocycles. The van der Waals surface area contributed by atoms with Crippen molar-refractivity contribution < 1.29 is 13.2 Å². The second-order valence-electron chi connectivity index (χ2n) is 9.08. The summed E-state index contributed by atoms with van der Waals surface area (Å²) in [5.74, 6) is -0.0467. The van der Waals surface area contributed by atoms with Crippen LogP contribution in [0.2, 0.25) is 0 Å². The van der Waals surface area contributed by atoms with Crippen molar-refractivity contribution in [3.63, 3.8) is 0 Å². The Morgan fingerprint density at radius 3 is 2.44 bits per heavy atom. The number of anilines is 1. The molecule has 8 heteroatoms. The molecule has 36 heavy (non-hydrogen) atoms. The van der Waals surface area contributed by atoms with Crippen LogP contribution in [0.25, 0.3) is 10.9 Å². The van der Waals surface area contributed by atoms with Crippen molar-refractivity contribution in [2.75, 3.05) is 24.4 Å². The molecule has 1 aromatic heterocycles. The number of hydrogen-bond acceptors (Lipinski definition) is 5. The molecule has 2 heterocycles. The Bertz CT molecular complexity index is 1470. The minimum Gasteiger partial charge on any atom is -0.333 e. The number of amides is 1. The molecule has 3 aromatic carbocycles. The molecule has 0 aliphatic carbocycles. The van der Waals surface area contributed by atoms with E-state index < -0.39 is 10.0 Å². The molecule has 1 N–H and O–H groups in total. The van der Waals surface area contributed by atoms with Gasteiger partial charge in [0.2, 0.25) is 0 Å². The van der Waals surface area contributed by atoms with E-state index in [0.717, 1.165) is 25.0 Å². The van der Waals surface area contributed by atoms with E-state index in [4.69, 9.17) is 0 Å². The predicted octanol–water partition coefficient (Wildman–Crippen LogP) is 4.38. The van der Waals surface area contributed by atoms with E-state index in [0.29, 0.717) is 23.3 Å². The molecule has 0 bridgehead atoms. The van der Waals surface area contributed by atoms with Crippen LogP contribution in [0.4, 0.5) is 5.69 Å². The molecule has 1 fully saturated rings. The molecule has 0 saturated carbocycles. The summed E-state index contributed by atoms with van der Waals surface area (Å²) in [6, 6.07) is 25.7. The molecule has 1 saturated heterocycles. The van der Waals surface area contributed by atoms with Crippen molar-refractivity contribution >= 4 is 32.5 Å². The number of fused-ring (bicyclic) bond motifs is 1. The summed E-state index contributed by atoms with van der Waals surface area (Å²) < 4.78 is 28.7. The molecule has 4 aromatic rings. The van der Waals surface area contributed by atoms with Gasteiger partial charge < -0.3 is 4.90 Å². The van der Waals surface area contributed by atoms with Gasteiger partial charge in [-0.2, -0.15) is 0 Å². The molecular weight excluding hydrogens is 472 g/mol. The van der Waals surface area contributed by atoms with Crippen molar-refractivity contribution in [1.29, 1.82) is 0 Å². The quantitative estimate of drug-likeness (QED) is 0.425. The zero-order valence-electron chi connectivity index (χ0n) is 20.0. The number of piperazine rings is 1. The smallest absolute Gasteiger partial charge is 0.264 e. The second-order valence-corrected chi connectivity index (χ2v) is 10.7. The first kappa shape index (κ1) is 24.0. The Hall–Kier alpha value is -3.75. The number of benzene rings is 3. The van der Waals surface area contributed by atoms with Crippen LogP contribution in [0.15, 0.2) is 96.0 Å². The maximum absolute atomic E-state index is 13.2. The van der Waals surface area contributed by atoms with Crippen molar-refractivity contribution in [3.8, 4) is 0 Å². The molecular formula is C28H28N4O3S. The number of carbonyl (C=O) groups is 1. The number of nitrogens with one attached hydrogen (secondary N) is 1. The first-order chi connectivity index (χ1) is 17.4. The first-order valence-electron chi connectivity index (χ1n) is 11.9. The highest BCUT2D eigenvalue weighted by atomic mass is 32.2. The maximum Gasteiger partial charge on any atom is 0.264 e. The fraction of sp³-hybridized carbons (Fsp3) is 0.214. The number of pyridine rings is 1. The van der Waals surface area contributed by atoms with Gasteiger partial charge >= 0.3 is 0 Å². The van der Waals surface area contributed by atoms with Crippen LogP contribution >= 0.6 is 0 Å². The van der Waals surface area contributed by atoms with Gasteiger partial charge in [0, 0.05) is 55.1 Å². The van der Waals surface area contributed by atoms with Crippen molar-refractivity contribution in [3.05, 3.63) is 102 Å². The third kappa shape index (κ3) is 5.10. The van der Waals surface area contributed by atoms with E-state index in [-0.39, 0.29) is 16.8 Å². The lowest BCUT2D eigenvalue weighted by Gasteiger charge is -2.40. The van der Waals surface area contributed by atoms with Gasteiger partial charge in [-0.05, 0) is 48.9 Å². The van der Waals surface area contributed by atoms with Crippen LogP contribution in [0, 0.1) is 0 Å². The zero-order valence-corrected chi connectivity index (χ0v) is 20.9. The molecule has 1 aliphatic rings. The molecule has 0 spiro atoms. The summed E-state index contributed by atoms with van der Waals surface area (Å²) in [5, 5.41) is 0.749. The topological polar surface area (TPSA) is 82.6 Å². The van der Waals surface area contributed by atoms with E-state index in [1.807, 2.05) is 35.2 Å². The highest BCUT2D eigenvalue weighted by molar-refractivity contribution is 7.93. The summed E-state index contributed by atoms with van der Waals surface area (Å²) in [5.41, 5.74) is 2.61. The summed E-state index contributed by atoms with van der Waals surface area (Å²) >= 11 is 0. The molecule has 0 radical (unpaired) electrons. The number of carbonyl (C=O) groups excluding carboxylic acids is 1. The fourth-order valence-electron chi connectivity index (χ4n) is 4.67. The SMILES string of the molecule is C[C@H]1CN(Cc2ccccc2)CCN1C(=O)c1ccc(NS(=O)(=O)c2cccc3cccnc23)cc1. The minimum atomic E-state index is -3.85. The summed E-state index contributed by atoms with van der Waals surface area (Å²) in [7, 11) is -3.85. The number of aromatic nitrogens is 1. The van der Waals surface area contributed by atoms with Crippen LogP contribution in [0.1, 0.15) is 22.8 Å². The molecule has 7 nitrogen and oxygen atoms in total. The Labute approximate surface area is 211 Å². The van der Waals surface area contributed by atoms with Crippen LogP contribution < -0.4 is 4.72 Å². The molecule has 184 valence electrons. The lowest BCUT2D eigenvalue weighted by molar-refractivity contribution is 0.0475. The molecule has 1 amide bonds. The Morgan fingerprint density at radius 2 is 1.69 bits per heavy atom. The van der Waals surface area contributed by atoms with Gasteiger partial charge in [0.05, 0.1) is 5.52 Å². The van der Waals surface area contributed by atoms with Crippen molar-refractivity contribution in [1.82, 2.24) is 14.8 Å². The average Bonchev–Trinajstić information content (AvgIpc) is 2.89. The highest BCUT2D eigenvalue weighted by Gasteiger charge is 2.28. The van der Waals surface area contributed by atoms with Gasteiger partial charge in [-0.15, -0.1) is 0 Å². The average molecular weight is 501 g/mol. The molecule has 5 rings (SSSR count). The predicted molar refractivity (Wildman–Crippen MR) is 141 cm³/mol. The highest BCUT2D eigenvalue weighted by Crippen LogP contribution is 2.24. The second kappa shape index (κ2) is 10.1. The number of nitrogens with zero attached hydrogens (tertiary/aromatic N) is 3. The summed E-state index contributed by atoms with van der Waals surface area (Å²) in [4.78, 5) is 21.8. The largest absolute Gasteiger partial charge is 0.333 e. The van der Waals surface area contributed by atoms with Gasteiger partial charge in [0.15, 0.2) is 0 Å². The molecule has 1 atom stereocenters. The van der Waals surface area contributed by atoms with Gasteiger partial charge in [0.25, 0.3) is 15.9 Å². The van der Waals surface area contributed by atoms with Gasteiger partial charge in [0.1, 0.15) is 4.90 Å². The van der Waals surface area contributed by atoms with Gasteiger partial charge in [-0.25, -0.2) is 8.42 Å². The number of para-hydroxylation sites is 1. The van der Waals surface area contributed by atoms with Crippen LogP contribution in [-0.2, 0) is 16.6 Å². The van der Waals surface area contributed by atoms with Crippen molar-refractivity contribution in [2.45, 2.75) is 24.4 Å². The van der Waals surface area contributed by atoms with E-state index >= 15 is 0 Å². The lowest BCUT2D eigenvalue weighted by Crippen LogP contribution is -2.53. The zero-order chi connectivity index (χ0) is 25.1. The van der Waals surface area contributed by atoms with E-state index in [2.05, 4.69) is 33.7 Å². The van der Waals surface area contributed by atoms with Crippen molar-refractivity contribution in [2.24, 2.45) is 0 Å². The van der Waals surface area contributed by atoms with E-state index in [1.54, 1.807) is 42.6 Å². The Kier molecular flexibility index (Phi) is 6.71. The monoisotopic (exact) mass is 500 g/mol. The normalized spacial score (nSPS) is 16.7. The Morgan fingerprint density at radius 1 is 0.944 bits per heavy atom. The molecule has 0 unspecified atom stereocenters. The maximum atomic E-state index is 13.2. The third-order valence-electron chi connectivity index (χ3n) is 6.49. The number of hydrogen-bond donors (Lipinski definition) is 1. The first-order valence-corrected chi connectivity index (χ1v) is 13.4. The van der Waals surface area contributed by atoms with Gasteiger partial charge in [-0.1, -0.05) is 48.5 Å². The van der Waals surface area contributed by atoms with E-state index in [9.17, 15) is 13.2 Å². The number of sulfonamides is 1. The Balaban J connectivity index is 1.25. The standard InChI is InChI=1S/C28H28N4O3S/c1-21-19-31(20-22-7-3-2-4-8-22)17-18-32(21)28(33)24-12-14-25(15-13-24)30-36(34,35)26-11-5-9-23-10-6-16-29-27(23)26/h2-16,21,30H,17-20H2,1H3/t21-/m0/s1. The van der Waals surface area contributed by atoms with Crippen LogP contribution in [0.5, 0.6) is 0 Å². The summed E-state index contributed by atoms with van der Waals surface area (Å²) in [6.45, 7) is 5.19. The third-order valence-corrected chi connectivity index (χ3v) is 7.90. The summed E-state index contributed by atoms with van der Waals surface area (Å²) in [6.07, 6.45) is 1.57. The lowest BCUT2D eigenvalue weighted by atomic mass is 10.1. The van der Waals surface area contributed by atoms with E-state index in [1.165, 1.54) is 11.6 Å². The fourth-order valence-corrected chi connectivity index (χ4v) is 5.91. The minimum absolute atomic E-state index is 0.0467. The van der Waals surface area contributed by atoms with Gasteiger partial charge in [-0.3, -0.25) is 19.4 Å². The number of rotatable bonds is 6.